The van der Waals surface area contributed by atoms with Gasteiger partial charge in [0.2, 0.25) is 0 Å². The molecule has 0 aliphatic carbocycles. The molecule has 0 unspecified atom stereocenters. The van der Waals surface area contributed by atoms with Crippen LogP contribution in [-0.4, -0.2) is 20.7 Å². The zero-order valence-electron chi connectivity index (χ0n) is 15.9. The molecule has 0 spiro atoms. The second kappa shape index (κ2) is 7.64. The maximum atomic E-state index is 12.9. The molecular weight excluding hydrogens is 370 g/mol. The molecule has 2 heterocycles. The Labute approximate surface area is 168 Å². The molecule has 1 aliphatic rings. The number of imidazole rings is 1. The number of carbonyl (C=O) groups is 2. The van der Waals surface area contributed by atoms with Crippen molar-refractivity contribution in [3.05, 3.63) is 64.8 Å². The molecule has 0 radical (unpaired) electrons. The van der Waals surface area contributed by atoms with Crippen LogP contribution in [0.4, 0.5) is 10.5 Å². The Balaban J connectivity index is 1.61. The summed E-state index contributed by atoms with van der Waals surface area (Å²) >= 11 is 0.953. The van der Waals surface area contributed by atoms with Crippen molar-refractivity contribution in [1.29, 1.82) is 0 Å². The number of amides is 2. The topological polar surface area (TPSA) is 55.2 Å². The van der Waals surface area contributed by atoms with Crippen molar-refractivity contribution in [1.82, 2.24) is 9.55 Å². The first kappa shape index (κ1) is 18.5. The van der Waals surface area contributed by atoms with Crippen molar-refractivity contribution in [3.63, 3.8) is 0 Å². The summed E-state index contributed by atoms with van der Waals surface area (Å²) < 4.78 is 1.92. The number of thioether (sulfide) groups is 1. The quantitative estimate of drug-likeness (QED) is 0.564. The highest BCUT2D eigenvalue weighted by molar-refractivity contribution is 8.19. The average molecular weight is 391 g/mol. The van der Waals surface area contributed by atoms with Crippen molar-refractivity contribution in [2.45, 2.75) is 26.2 Å². The van der Waals surface area contributed by atoms with Gasteiger partial charge in [-0.2, -0.15) is 0 Å². The minimum Gasteiger partial charge on any atom is -0.328 e. The molecule has 0 bridgehead atoms. The van der Waals surface area contributed by atoms with Gasteiger partial charge in [0.15, 0.2) is 0 Å². The second-order valence-electron chi connectivity index (χ2n) is 6.80. The molecule has 3 aromatic rings. The zero-order chi connectivity index (χ0) is 19.7. The van der Waals surface area contributed by atoms with Gasteiger partial charge in [0.05, 0.1) is 21.6 Å². The van der Waals surface area contributed by atoms with E-state index in [2.05, 4.69) is 11.9 Å². The summed E-state index contributed by atoms with van der Waals surface area (Å²) in [5.41, 5.74) is 3.66. The molecule has 5 nitrogen and oxygen atoms in total. The van der Waals surface area contributed by atoms with E-state index in [0.717, 1.165) is 42.1 Å². The van der Waals surface area contributed by atoms with Gasteiger partial charge in [-0.25, -0.2) is 9.88 Å². The van der Waals surface area contributed by atoms with Gasteiger partial charge in [-0.05, 0) is 54.4 Å². The van der Waals surface area contributed by atoms with E-state index in [4.69, 9.17) is 0 Å². The Hall–Kier alpha value is -2.86. The Morgan fingerprint density at radius 1 is 1.07 bits per heavy atom. The molecule has 1 aliphatic heterocycles. The number of rotatable bonds is 5. The van der Waals surface area contributed by atoms with Crippen LogP contribution in [0.25, 0.3) is 17.1 Å². The number of hydrogen-bond acceptors (Lipinski definition) is 4. The van der Waals surface area contributed by atoms with Gasteiger partial charge in [-0.15, -0.1) is 0 Å². The minimum absolute atomic E-state index is 0.281. The fourth-order valence-electron chi connectivity index (χ4n) is 3.29. The summed E-state index contributed by atoms with van der Waals surface area (Å²) in [5.74, 6) is 0.352. The van der Waals surface area contributed by atoms with Crippen LogP contribution in [-0.2, 0) is 18.3 Å². The number of carbonyl (C=O) groups excluding carboxylic acids is 2. The Kier molecular flexibility index (Phi) is 5.05. The lowest BCUT2D eigenvalue weighted by Crippen LogP contribution is -2.27. The van der Waals surface area contributed by atoms with Crippen molar-refractivity contribution in [2.75, 3.05) is 4.90 Å². The van der Waals surface area contributed by atoms with E-state index in [-0.39, 0.29) is 11.1 Å². The third-order valence-corrected chi connectivity index (χ3v) is 5.76. The average Bonchev–Trinajstić information content (AvgIpc) is 3.17. The number of benzene rings is 2. The van der Waals surface area contributed by atoms with Crippen LogP contribution in [0.15, 0.2) is 53.4 Å². The molecule has 1 saturated heterocycles. The van der Waals surface area contributed by atoms with E-state index in [1.807, 2.05) is 60.1 Å². The fraction of sp³-hybridized carbons (Fsp3) is 0.227. The lowest BCUT2D eigenvalue weighted by Gasteiger charge is -2.13. The standard InChI is InChI=1S/C22H21N3O2S/c1-3-4-7-15-10-12-16(13-11-15)25-21(26)19(28-22(25)27)14-20-23-17-8-5-6-9-18(17)24(20)2/h5-6,8-14H,3-4,7H2,1-2H3. The first-order valence-electron chi connectivity index (χ1n) is 9.37. The molecule has 2 amide bonds. The number of aromatic nitrogens is 2. The largest absolute Gasteiger partial charge is 0.328 e. The fourth-order valence-corrected chi connectivity index (χ4v) is 4.10. The number of para-hydroxylation sites is 2. The monoisotopic (exact) mass is 391 g/mol. The molecule has 0 atom stereocenters. The highest BCUT2D eigenvalue weighted by atomic mass is 32.2. The highest BCUT2D eigenvalue weighted by Gasteiger charge is 2.36. The lowest BCUT2D eigenvalue weighted by molar-refractivity contribution is -0.113. The zero-order valence-corrected chi connectivity index (χ0v) is 16.7. The molecule has 1 aromatic heterocycles. The lowest BCUT2D eigenvalue weighted by atomic mass is 10.1. The van der Waals surface area contributed by atoms with Gasteiger partial charge >= 0.3 is 0 Å². The normalized spacial score (nSPS) is 15.9. The first-order valence-corrected chi connectivity index (χ1v) is 10.2. The third kappa shape index (κ3) is 3.36. The van der Waals surface area contributed by atoms with Crippen molar-refractivity contribution in [3.8, 4) is 0 Å². The van der Waals surface area contributed by atoms with E-state index in [0.29, 0.717) is 16.4 Å². The summed E-state index contributed by atoms with van der Waals surface area (Å²) in [6.07, 6.45) is 4.96. The number of hydrogen-bond donors (Lipinski definition) is 0. The number of fused-ring (bicyclic) bond motifs is 1. The number of aryl methyl sites for hydroxylation is 2. The van der Waals surface area contributed by atoms with Crippen LogP contribution in [0.5, 0.6) is 0 Å². The van der Waals surface area contributed by atoms with E-state index >= 15 is 0 Å². The van der Waals surface area contributed by atoms with Crippen LogP contribution in [0.1, 0.15) is 31.2 Å². The third-order valence-electron chi connectivity index (χ3n) is 4.89. The molecule has 28 heavy (non-hydrogen) atoms. The predicted octanol–water partition coefficient (Wildman–Crippen LogP) is 5.16. The van der Waals surface area contributed by atoms with Gasteiger partial charge < -0.3 is 4.57 Å². The Morgan fingerprint density at radius 2 is 1.82 bits per heavy atom. The van der Waals surface area contributed by atoms with Gasteiger partial charge in [-0.3, -0.25) is 9.59 Å². The van der Waals surface area contributed by atoms with Gasteiger partial charge in [0.1, 0.15) is 5.82 Å². The maximum Gasteiger partial charge on any atom is 0.298 e. The number of unbranched alkanes of at least 4 members (excludes halogenated alkanes) is 1. The molecule has 2 aromatic carbocycles. The molecule has 6 heteroatoms. The smallest absolute Gasteiger partial charge is 0.298 e. The van der Waals surface area contributed by atoms with E-state index in [9.17, 15) is 9.59 Å². The molecular formula is C22H21N3O2S. The van der Waals surface area contributed by atoms with Crippen LogP contribution >= 0.6 is 11.8 Å². The maximum absolute atomic E-state index is 12.9. The molecule has 1 fully saturated rings. The van der Waals surface area contributed by atoms with Gasteiger partial charge in [0.25, 0.3) is 11.1 Å². The van der Waals surface area contributed by atoms with Crippen LogP contribution in [0.2, 0.25) is 0 Å². The second-order valence-corrected chi connectivity index (χ2v) is 7.80. The van der Waals surface area contributed by atoms with E-state index in [1.54, 1.807) is 6.08 Å². The summed E-state index contributed by atoms with van der Waals surface area (Å²) in [7, 11) is 1.90. The summed E-state index contributed by atoms with van der Waals surface area (Å²) in [5, 5.41) is -0.281. The molecule has 0 N–H and O–H groups in total. The van der Waals surface area contributed by atoms with E-state index < -0.39 is 0 Å². The summed E-state index contributed by atoms with van der Waals surface area (Å²) in [6, 6.07) is 15.5. The van der Waals surface area contributed by atoms with Crippen molar-refractivity contribution in [2.24, 2.45) is 7.05 Å². The SMILES string of the molecule is CCCCc1ccc(N2C(=O)SC(=Cc3nc4ccccc4n3C)C2=O)cc1. The highest BCUT2D eigenvalue weighted by Crippen LogP contribution is 2.36. The van der Waals surface area contributed by atoms with Crippen molar-refractivity contribution < 1.29 is 9.59 Å². The number of imide groups is 1. The molecule has 142 valence electrons. The summed E-state index contributed by atoms with van der Waals surface area (Å²) in [6.45, 7) is 2.16. The van der Waals surface area contributed by atoms with Crippen LogP contribution in [0.3, 0.4) is 0 Å². The van der Waals surface area contributed by atoms with Crippen molar-refractivity contribution >= 4 is 45.7 Å². The number of nitrogens with zero attached hydrogens (tertiary/aromatic N) is 3. The van der Waals surface area contributed by atoms with Crippen LogP contribution < -0.4 is 4.90 Å². The number of anilines is 1. The molecule has 4 rings (SSSR count). The van der Waals surface area contributed by atoms with Crippen LogP contribution in [0, 0.1) is 0 Å². The Morgan fingerprint density at radius 3 is 2.54 bits per heavy atom. The minimum atomic E-state index is -0.302. The molecule has 0 saturated carbocycles. The summed E-state index contributed by atoms with van der Waals surface area (Å²) in [4.78, 5) is 31.6. The Bertz CT molecular complexity index is 1080. The van der Waals surface area contributed by atoms with Gasteiger partial charge in [0, 0.05) is 13.1 Å². The van der Waals surface area contributed by atoms with E-state index in [1.165, 1.54) is 10.5 Å². The first-order chi connectivity index (χ1) is 13.6. The predicted molar refractivity (Wildman–Crippen MR) is 114 cm³/mol. The van der Waals surface area contributed by atoms with Gasteiger partial charge in [-0.1, -0.05) is 37.6 Å².